The molecule has 0 aliphatic rings. The van der Waals surface area contributed by atoms with Crippen LogP contribution in [-0.4, -0.2) is 50.6 Å². The number of nitrogens with one attached hydrogen (secondary N) is 3. The Morgan fingerprint density at radius 3 is 2.38 bits per heavy atom. The highest BCUT2D eigenvalue weighted by atomic mass is 16.2. The molecule has 1 rings (SSSR count). The van der Waals surface area contributed by atoms with E-state index in [1.54, 1.807) is 20.2 Å². The van der Waals surface area contributed by atoms with Gasteiger partial charge in [0.2, 0.25) is 0 Å². The van der Waals surface area contributed by atoms with Gasteiger partial charge in [-0.25, -0.2) is 4.79 Å². The van der Waals surface area contributed by atoms with Crippen molar-refractivity contribution in [1.82, 2.24) is 15.5 Å². The van der Waals surface area contributed by atoms with Gasteiger partial charge in [0.1, 0.15) is 0 Å². The highest BCUT2D eigenvalue weighted by molar-refractivity contribution is 5.96. The van der Waals surface area contributed by atoms with Crippen LogP contribution < -0.4 is 16.0 Å². The van der Waals surface area contributed by atoms with E-state index in [1.807, 2.05) is 26.0 Å². The van der Waals surface area contributed by atoms with Crippen LogP contribution in [0.15, 0.2) is 18.2 Å². The van der Waals surface area contributed by atoms with Crippen molar-refractivity contribution in [3.8, 4) is 0 Å². The third kappa shape index (κ3) is 5.33. The summed E-state index contributed by atoms with van der Waals surface area (Å²) in [6, 6.07) is 5.47. The Kier molecular flexibility index (Phi) is 6.52. The summed E-state index contributed by atoms with van der Waals surface area (Å²) in [4.78, 5) is 24.8. The van der Waals surface area contributed by atoms with Gasteiger partial charge >= 0.3 is 6.03 Å². The summed E-state index contributed by atoms with van der Waals surface area (Å²) in [5, 5.41) is 8.69. The fraction of sp³-hybridized carbons (Fsp3) is 0.467. The first-order valence-corrected chi connectivity index (χ1v) is 7.03. The zero-order valence-corrected chi connectivity index (χ0v) is 13.1. The third-order valence-corrected chi connectivity index (χ3v) is 2.94. The normalized spacial score (nSPS) is 9.90. The van der Waals surface area contributed by atoms with Gasteiger partial charge in [0.05, 0.1) is 0 Å². The summed E-state index contributed by atoms with van der Waals surface area (Å²) in [6.45, 7) is 5.57. The van der Waals surface area contributed by atoms with Crippen molar-refractivity contribution in [3.05, 3.63) is 29.3 Å². The summed E-state index contributed by atoms with van der Waals surface area (Å²) < 4.78 is 0. The number of carbonyl (C=O) groups is 2. The van der Waals surface area contributed by atoms with Gasteiger partial charge in [0.25, 0.3) is 5.91 Å². The van der Waals surface area contributed by atoms with Crippen LogP contribution in [0.5, 0.6) is 0 Å². The van der Waals surface area contributed by atoms with Gasteiger partial charge in [-0.3, -0.25) is 4.79 Å². The molecule has 21 heavy (non-hydrogen) atoms. The van der Waals surface area contributed by atoms with Crippen LogP contribution in [0.1, 0.15) is 22.8 Å². The Labute approximate surface area is 125 Å². The van der Waals surface area contributed by atoms with Gasteiger partial charge in [0, 0.05) is 45.0 Å². The summed E-state index contributed by atoms with van der Waals surface area (Å²) in [6.07, 6.45) is 0. The molecule has 0 radical (unpaired) electrons. The van der Waals surface area contributed by atoms with Gasteiger partial charge in [0.15, 0.2) is 0 Å². The number of rotatable bonds is 6. The molecule has 1 aromatic carbocycles. The number of aryl methyl sites for hydroxylation is 1. The van der Waals surface area contributed by atoms with Gasteiger partial charge in [-0.1, -0.05) is 0 Å². The smallest absolute Gasteiger partial charge is 0.316 e. The Morgan fingerprint density at radius 2 is 1.81 bits per heavy atom. The molecule has 0 atom stereocenters. The minimum absolute atomic E-state index is 0.130. The number of benzene rings is 1. The van der Waals surface area contributed by atoms with Crippen molar-refractivity contribution in [2.24, 2.45) is 0 Å². The molecular weight excluding hydrogens is 268 g/mol. The Morgan fingerprint density at radius 1 is 1.14 bits per heavy atom. The molecule has 116 valence electrons. The average molecular weight is 292 g/mol. The second-order valence-corrected chi connectivity index (χ2v) is 4.94. The van der Waals surface area contributed by atoms with Crippen molar-refractivity contribution in [3.63, 3.8) is 0 Å². The molecule has 0 unspecified atom stereocenters. The number of amides is 3. The van der Waals surface area contributed by atoms with Crippen LogP contribution in [-0.2, 0) is 0 Å². The van der Waals surface area contributed by atoms with Crippen molar-refractivity contribution in [2.75, 3.05) is 39.0 Å². The fourth-order valence-electron chi connectivity index (χ4n) is 1.83. The summed E-state index contributed by atoms with van der Waals surface area (Å²) >= 11 is 0. The zero-order chi connectivity index (χ0) is 15.8. The van der Waals surface area contributed by atoms with Crippen LogP contribution in [0, 0.1) is 6.92 Å². The van der Waals surface area contributed by atoms with Gasteiger partial charge < -0.3 is 20.9 Å². The number of hydrogen-bond donors (Lipinski definition) is 3. The quantitative estimate of drug-likeness (QED) is 0.694. The molecule has 0 aliphatic carbocycles. The highest BCUT2D eigenvalue weighted by Crippen LogP contribution is 2.14. The minimum atomic E-state index is -0.171. The Bertz CT molecular complexity index is 500. The largest absolute Gasteiger partial charge is 0.385 e. The van der Waals surface area contributed by atoms with Crippen LogP contribution in [0.2, 0.25) is 0 Å². The molecule has 6 heteroatoms. The van der Waals surface area contributed by atoms with Crippen molar-refractivity contribution < 1.29 is 9.59 Å². The molecule has 0 bridgehead atoms. The maximum Gasteiger partial charge on any atom is 0.316 e. The second kappa shape index (κ2) is 8.14. The van der Waals surface area contributed by atoms with E-state index in [2.05, 4.69) is 16.0 Å². The minimum Gasteiger partial charge on any atom is -0.385 e. The van der Waals surface area contributed by atoms with Crippen LogP contribution in [0.25, 0.3) is 0 Å². The van der Waals surface area contributed by atoms with Crippen molar-refractivity contribution in [1.29, 1.82) is 0 Å². The monoisotopic (exact) mass is 292 g/mol. The van der Waals surface area contributed by atoms with Crippen LogP contribution >= 0.6 is 0 Å². The van der Waals surface area contributed by atoms with E-state index in [0.29, 0.717) is 18.7 Å². The van der Waals surface area contributed by atoms with Crippen molar-refractivity contribution >= 4 is 17.6 Å². The maximum absolute atomic E-state index is 12.1. The van der Waals surface area contributed by atoms with E-state index in [4.69, 9.17) is 0 Å². The number of carbonyl (C=O) groups excluding carboxylic acids is 2. The zero-order valence-electron chi connectivity index (χ0n) is 13.1. The van der Waals surface area contributed by atoms with E-state index < -0.39 is 0 Å². The first-order valence-electron chi connectivity index (χ1n) is 7.03. The fourth-order valence-corrected chi connectivity index (χ4v) is 1.83. The lowest BCUT2D eigenvalue weighted by Gasteiger charge is -2.13. The third-order valence-electron chi connectivity index (χ3n) is 2.94. The predicted molar refractivity (Wildman–Crippen MR) is 84.8 cm³/mol. The molecule has 3 N–H and O–H groups in total. The SMILES string of the molecule is CCNc1ccc(C(=O)NCCNC(=O)N(C)C)c(C)c1. The van der Waals surface area contributed by atoms with Gasteiger partial charge in [-0.2, -0.15) is 0 Å². The van der Waals surface area contributed by atoms with E-state index in [0.717, 1.165) is 17.8 Å². The number of anilines is 1. The molecule has 6 nitrogen and oxygen atoms in total. The lowest BCUT2D eigenvalue weighted by atomic mass is 10.1. The van der Waals surface area contributed by atoms with Gasteiger partial charge in [-0.15, -0.1) is 0 Å². The highest BCUT2D eigenvalue weighted by Gasteiger charge is 2.09. The summed E-state index contributed by atoms with van der Waals surface area (Å²) in [5.41, 5.74) is 2.57. The summed E-state index contributed by atoms with van der Waals surface area (Å²) in [7, 11) is 3.34. The molecule has 0 saturated carbocycles. The van der Waals surface area contributed by atoms with Gasteiger partial charge in [-0.05, 0) is 37.6 Å². The first kappa shape index (κ1) is 16.8. The molecule has 0 saturated heterocycles. The molecular formula is C15H24N4O2. The topological polar surface area (TPSA) is 73.5 Å². The summed E-state index contributed by atoms with van der Waals surface area (Å²) in [5.74, 6) is -0.130. The number of hydrogen-bond acceptors (Lipinski definition) is 3. The Hall–Kier alpha value is -2.24. The van der Waals surface area contributed by atoms with E-state index >= 15 is 0 Å². The maximum atomic E-state index is 12.1. The molecule has 0 aromatic heterocycles. The first-order chi connectivity index (χ1) is 9.95. The van der Waals surface area contributed by atoms with Crippen LogP contribution in [0.4, 0.5) is 10.5 Å². The molecule has 0 aliphatic heterocycles. The average Bonchev–Trinajstić information content (AvgIpc) is 2.43. The predicted octanol–water partition coefficient (Wildman–Crippen LogP) is 1.43. The number of nitrogens with zero attached hydrogens (tertiary/aromatic N) is 1. The number of urea groups is 1. The standard InChI is InChI=1S/C15H24N4O2/c1-5-16-12-6-7-13(11(2)10-12)14(20)17-8-9-18-15(21)19(3)4/h6-7,10,16H,5,8-9H2,1-4H3,(H,17,20)(H,18,21). The lowest BCUT2D eigenvalue weighted by Crippen LogP contribution is -2.39. The van der Waals surface area contributed by atoms with Crippen molar-refractivity contribution in [2.45, 2.75) is 13.8 Å². The Balaban J connectivity index is 2.47. The molecule has 0 spiro atoms. The molecule has 0 fully saturated rings. The van der Waals surface area contributed by atoms with E-state index in [9.17, 15) is 9.59 Å². The lowest BCUT2D eigenvalue weighted by molar-refractivity contribution is 0.0953. The molecule has 3 amide bonds. The molecule has 0 heterocycles. The van der Waals surface area contributed by atoms with Crippen LogP contribution in [0.3, 0.4) is 0 Å². The second-order valence-electron chi connectivity index (χ2n) is 4.94. The molecule has 1 aromatic rings. The van der Waals surface area contributed by atoms with E-state index in [-0.39, 0.29) is 11.9 Å². The van der Waals surface area contributed by atoms with E-state index in [1.165, 1.54) is 4.90 Å².